The molecule has 1 aromatic rings. The maximum Gasteiger partial charge on any atom is 0.0305 e. The molecule has 2 unspecified atom stereocenters. The van der Waals surface area contributed by atoms with Crippen molar-refractivity contribution in [2.24, 2.45) is 11.3 Å². The van der Waals surface area contributed by atoms with E-state index in [9.17, 15) is 0 Å². The number of nitrogens with zero attached hydrogens (tertiary/aromatic N) is 1. The Morgan fingerprint density at radius 3 is 2.89 bits per heavy atom. The van der Waals surface area contributed by atoms with Gasteiger partial charge in [0, 0.05) is 12.4 Å². The van der Waals surface area contributed by atoms with Crippen LogP contribution in [0.15, 0.2) is 18.5 Å². The largest absolute Gasteiger partial charge is 0.317 e. The number of nitrogens with one attached hydrogen (secondary N) is 1. The van der Waals surface area contributed by atoms with Crippen molar-refractivity contribution in [3.05, 3.63) is 29.6 Å². The molecule has 106 valence electrons. The smallest absolute Gasteiger partial charge is 0.0305 e. The highest BCUT2D eigenvalue weighted by molar-refractivity contribution is 5.27. The van der Waals surface area contributed by atoms with Crippen LogP contribution >= 0.6 is 0 Å². The first-order valence-corrected chi connectivity index (χ1v) is 7.65. The molecule has 0 radical (unpaired) electrons. The molecular formula is C17H28N2. The monoisotopic (exact) mass is 260 g/mol. The van der Waals surface area contributed by atoms with Gasteiger partial charge in [0.1, 0.15) is 0 Å². The van der Waals surface area contributed by atoms with Crippen molar-refractivity contribution in [3.8, 4) is 0 Å². The summed E-state index contributed by atoms with van der Waals surface area (Å²) < 4.78 is 0. The fraction of sp³-hybridized carbons (Fsp3) is 0.706. The Morgan fingerprint density at radius 1 is 1.42 bits per heavy atom. The first-order chi connectivity index (χ1) is 9.03. The molecule has 1 aromatic heterocycles. The Labute approximate surface area is 118 Å². The van der Waals surface area contributed by atoms with Gasteiger partial charge in [0.05, 0.1) is 0 Å². The van der Waals surface area contributed by atoms with E-state index in [2.05, 4.69) is 50.3 Å². The van der Waals surface area contributed by atoms with Crippen molar-refractivity contribution >= 4 is 0 Å². The third kappa shape index (κ3) is 3.56. The molecule has 1 fully saturated rings. The lowest BCUT2D eigenvalue weighted by Crippen LogP contribution is -2.35. The maximum atomic E-state index is 4.36. The lowest BCUT2D eigenvalue weighted by atomic mass is 9.65. The first-order valence-electron chi connectivity index (χ1n) is 7.65. The van der Waals surface area contributed by atoms with Crippen molar-refractivity contribution in [2.75, 3.05) is 13.1 Å². The molecule has 0 aliphatic heterocycles. The van der Waals surface area contributed by atoms with E-state index in [0.29, 0.717) is 11.3 Å². The van der Waals surface area contributed by atoms with Crippen LogP contribution in [0.25, 0.3) is 0 Å². The quantitative estimate of drug-likeness (QED) is 0.888. The summed E-state index contributed by atoms with van der Waals surface area (Å²) in [6.45, 7) is 11.5. The Bertz CT molecular complexity index is 411. The molecule has 0 amide bonds. The van der Waals surface area contributed by atoms with Crippen LogP contribution in [0.4, 0.5) is 0 Å². The van der Waals surface area contributed by atoms with Crippen molar-refractivity contribution in [2.45, 2.75) is 52.9 Å². The summed E-state index contributed by atoms with van der Waals surface area (Å²) in [6, 6.07) is 2.15. The summed E-state index contributed by atoms with van der Waals surface area (Å²) in [5.41, 5.74) is 3.34. The van der Waals surface area contributed by atoms with E-state index >= 15 is 0 Å². The Hall–Kier alpha value is -0.890. The predicted octanol–water partition coefficient (Wildman–Crippen LogP) is 3.91. The number of hydrogen-bond acceptors (Lipinski definition) is 2. The molecule has 0 bridgehead atoms. The highest BCUT2D eigenvalue weighted by Crippen LogP contribution is 2.46. The Kier molecular flexibility index (Phi) is 4.62. The van der Waals surface area contributed by atoms with Crippen LogP contribution in [0.2, 0.25) is 0 Å². The summed E-state index contributed by atoms with van der Waals surface area (Å²) in [5, 5.41) is 3.54. The van der Waals surface area contributed by atoms with Gasteiger partial charge in [-0.2, -0.15) is 0 Å². The van der Waals surface area contributed by atoms with Gasteiger partial charge in [-0.3, -0.25) is 4.98 Å². The van der Waals surface area contributed by atoms with Gasteiger partial charge in [-0.25, -0.2) is 0 Å². The van der Waals surface area contributed by atoms with E-state index in [0.717, 1.165) is 19.0 Å². The van der Waals surface area contributed by atoms with Gasteiger partial charge in [-0.15, -0.1) is 0 Å². The van der Waals surface area contributed by atoms with Crippen molar-refractivity contribution in [3.63, 3.8) is 0 Å². The number of aryl methyl sites for hydroxylation is 1. The van der Waals surface area contributed by atoms with Gasteiger partial charge in [0.2, 0.25) is 0 Å². The van der Waals surface area contributed by atoms with E-state index in [-0.39, 0.29) is 0 Å². The van der Waals surface area contributed by atoms with Gasteiger partial charge in [-0.1, -0.05) is 20.8 Å². The van der Waals surface area contributed by atoms with Crippen molar-refractivity contribution < 1.29 is 0 Å². The predicted molar refractivity (Wildman–Crippen MR) is 81.4 cm³/mol. The van der Waals surface area contributed by atoms with E-state index < -0.39 is 0 Å². The molecule has 1 aliphatic carbocycles. The topological polar surface area (TPSA) is 24.9 Å². The van der Waals surface area contributed by atoms with E-state index in [4.69, 9.17) is 0 Å². The second-order valence-corrected chi connectivity index (χ2v) is 6.81. The Morgan fingerprint density at radius 2 is 2.21 bits per heavy atom. The summed E-state index contributed by atoms with van der Waals surface area (Å²) in [6.07, 6.45) is 7.97. The van der Waals surface area contributed by atoms with Crippen LogP contribution < -0.4 is 5.32 Å². The van der Waals surface area contributed by atoms with Gasteiger partial charge in [0.25, 0.3) is 0 Å². The minimum absolute atomic E-state index is 0.468. The zero-order valence-corrected chi connectivity index (χ0v) is 12.9. The molecule has 1 heterocycles. The van der Waals surface area contributed by atoms with Crippen molar-refractivity contribution in [1.82, 2.24) is 10.3 Å². The molecular weight excluding hydrogens is 232 g/mol. The van der Waals surface area contributed by atoms with E-state index in [1.165, 1.54) is 30.4 Å². The average Bonchev–Trinajstić information content (AvgIpc) is 2.37. The average molecular weight is 260 g/mol. The zero-order chi connectivity index (χ0) is 13.9. The standard InChI is InChI=1S/C17H28N2/c1-5-18-11-14-6-8-17(3,4)10-15(14)16-12-19-9-7-13(16)2/h7,9,12,14-15,18H,5-6,8,10-11H2,1-4H3. The van der Waals surface area contributed by atoms with Crippen molar-refractivity contribution in [1.29, 1.82) is 0 Å². The first kappa shape index (κ1) is 14.5. The van der Waals surface area contributed by atoms with Crippen LogP contribution in [0.1, 0.15) is 57.1 Å². The third-order valence-corrected chi connectivity index (χ3v) is 4.67. The second kappa shape index (κ2) is 6.04. The summed E-state index contributed by atoms with van der Waals surface area (Å²) in [5.74, 6) is 1.42. The number of aromatic nitrogens is 1. The fourth-order valence-electron chi connectivity index (χ4n) is 3.44. The molecule has 2 atom stereocenters. The van der Waals surface area contributed by atoms with Gasteiger partial charge in [0.15, 0.2) is 0 Å². The SMILES string of the molecule is CCNCC1CCC(C)(C)CC1c1cnccc1C. The van der Waals surface area contributed by atoms with E-state index in [1.807, 2.05) is 6.20 Å². The minimum Gasteiger partial charge on any atom is -0.317 e. The highest BCUT2D eigenvalue weighted by atomic mass is 14.8. The fourth-order valence-corrected chi connectivity index (χ4v) is 3.44. The molecule has 2 nitrogen and oxygen atoms in total. The lowest BCUT2D eigenvalue weighted by Gasteiger charge is -2.41. The summed E-state index contributed by atoms with van der Waals surface area (Å²) in [7, 11) is 0. The van der Waals surface area contributed by atoms with Gasteiger partial charge in [-0.05, 0) is 73.7 Å². The lowest BCUT2D eigenvalue weighted by molar-refractivity contribution is 0.159. The molecule has 2 rings (SSSR count). The van der Waals surface area contributed by atoms with Crippen LogP contribution in [0, 0.1) is 18.3 Å². The molecule has 0 saturated heterocycles. The second-order valence-electron chi connectivity index (χ2n) is 6.81. The molecule has 19 heavy (non-hydrogen) atoms. The molecule has 1 saturated carbocycles. The molecule has 0 spiro atoms. The molecule has 0 aromatic carbocycles. The molecule has 2 heteroatoms. The summed E-state index contributed by atoms with van der Waals surface area (Å²) in [4.78, 5) is 4.36. The van der Waals surface area contributed by atoms with Crippen LogP contribution in [-0.2, 0) is 0 Å². The third-order valence-electron chi connectivity index (χ3n) is 4.67. The Balaban J connectivity index is 2.22. The number of pyridine rings is 1. The highest BCUT2D eigenvalue weighted by Gasteiger charge is 2.35. The number of rotatable bonds is 4. The normalized spacial score (nSPS) is 26.3. The number of hydrogen-bond donors (Lipinski definition) is 1. The zero-order valence-electron chi connectivity index (χ0n) is 12.9. The van der Waals surface area contributed by atoms with Crippen LogP contribution in [0.3, 0.4) is 0 Å². The van der Waals surface area contributed by atoms with E-state index in [1.54, 1.807) is 0 Å². The minimum atomic E-state index is 0.468. The van der Waals surface area contributed by atoms with Gasteiger partial charge >= 0.3 is 0 Å². The van der Waals surface area contributed by atoms with Gasteiger partial charge < -0.3 is 5.32 Å². The van der Waals surface area contributed by atoms with Crippen LogP contribution in [0.5, 0.6) is 0 Å². The molecule has 1 N–H and O–H groups in total. The molecule has 1 aliphatic rings. The maximum absolute atomic E-state index is 4.36. The van der Waals surface area contributed by atoms with Crippen LogP contribution in [-0.4, -0.2) is 18.1 Å². The summed E-state index contributed by atoms with van der Waals surface area (Å²) >= 11 is 0.